The normalized spacial score (nSPS) is 15.8. The van der Waals surface area contributed by atoms with Crippen LogP contribution >= 0.6 is 24.0 Å². The highest BCUT2D eigenvalue weighted by molar-refractivity contribution is 6.31. The van der Waals surface area contributed by atoms with Crippen LogP contribution in [0.2, 0.25) is 5.02 Å². The highest BCUT2D eigenvalue weighted by Gasteiger charge is 2.28. The molecule has 3 aromatic carbocycles. The first-order chi connectivity index (χ1) is 12.1. The molecule has 5 heteroatoms. The van der Waals surface area contributed by atoms with E-state index < -0.39 is 0 Å². The van der Waals surface area contributed by atoms with Crippen molar-refractivity contribution < 1.29 is 4.39 Å². The summed E-state index contributed by atoms with van der Waals surface area (Å²) in [5.74, 6) is 0.754. The quantitative estimate of drug-likeness (QED) is 0.524. The van der Waals surface area contributed by atoms with Gasteiger partial charge in [-0.15, -0.1) is 12.4 Å². The number of halogens is 3. The van der Waals surface area contributed by atoms with Gasteiger partial charge < -0.3 is 4.90 Å². The molecule has 0 N–H and O–H groups in total. The molecule has 1 unspecified atom stereocenters. The van der Waals surface area contributed by atoms with E-state index in [9.17, 15) is 4.39 Å². The van der Waals surface area contributed by atoms with E-state index in [4.69, 9.17) is 16.6 Å². The van der Waals surface area contributed by atoms with Crippen LogP contribution in [0.5, 0.6) is 0 Å². The van der Waals surface area contributed by atoms with Crippen molar-refractivity contribution in [2.75, 3.05) is 14.1 Å². The number of benzene rings is 3. The fourth-order valence-electron chi connectivity index (χ4n) is 3.48. The lowest BCUT2D eigenvalue weighted by Gasteiger charge is -2.29. The number of aliphatic imine (C=N–C) groups is 1. The van der Waals surface area contributed by atoms with Gasteiger partial charge in [0.1, 0.15) is 17.7 Å². The third-order valence-electron chi connectivity index (χ3n) is 4.76. The standard InChI is InChI=1S/C21H18ClFN2.ClH/c1-25(2)20-12-16-13-7-3-4-8-14(13)19(23)11-17(16)21(24-20)15-9-5-6-10-18(15)22;/h3-11,21H,12H2,1-2H3;1H. The molecule has 1 atom stereocenters. The highest BCUT2D eigenvalue weighted by atomic mass is 35.5. The summed E-state index contributed by atoms with van der Waals surface area (Å²) in [7, 11) is 3.97. The van der Waals surface area contributed by atoms with Gasteiger partial charge in [-0.2, -0.15) is 0 Å². The average Bonchev–Trinajstić information content (AvgIpc) is 2.62. The van der Waals surface area contributed by atoms with Crippen LogP contribution in [0.1, 0.15) is 22.7 Å². The van der Waals surface area contributed by atoms with Gasteiger partial charge in [-0.05, 0) is 34.2 Å². The van der Waals surface area contributed by atoms with Gasteiger partial charge in [-0.25, -0.2) is 4.39 Å². The highest BCUT2D eigenvalue weighted by Crippen LogP contribution is 2.40. The fraction of sp³-hybridized carbons (Fsp3) is 0.190. The molecule has 0 bridgehead atoms. The molecule has 1 aliphatic heterocycles. The Balaban J connectivity index is 0.00000196. The van der Waals surface area contributed by atoms with Crippen LogP contribution in [0.4, 0.5) is 4.39 Å². The molecule has 0 saturated heterocycles. The Morgan fingerprint density at radius 3 is 2.35 bits per heavy atom. The molecule has 4 rings (SSSR count). The van der Waals surface area contributed by atoms with E-state index >= 15 is 0 Å². The molecule has 134 valence electrons. The van der Waals surface area contributed by atoms with E-state index in [1.165, 1.54) is 0 Å². The summed E-state index contributed by atoms with van der Waals surface area (Å²) >= 11 is 6.43. The Morgan fingerprint density at radius 2 is 1.65 bits per heavy atom. The Bertz CT molecular complexity index is 998. The number of fused-ring (bicyclic) bond motifs is 3. The van der Waals surface area contributed by atoms with Crippen molar-refractivity contribution in [1.29, 1.82) is 0 Å². The van der Waals surface area contributed by atoms with Gasteiger partial charge in [0, 0.05) is 30.9 Å². The lowest BCUT2D eigenvalue weighted by Crippen LogP contribution is -2.29. The smallest absolute Gasteiger partial charge is 0.131 e. The number of hydrogen-bond donors (Lipinski definition) is 0. The van der Waals surface area contributed by atoms with Gasteiger partial charge in [0.05, 0.1) is 0 Å². The minimum absolute atomic E-state index is 0. The molecule has 0 aromatic heterocycles. The van der Waals surface area contributed by atoms with Crippen molar-refractivity contribution in [3.05, 3.63) is 82.1 Å². The summed E-state index contributed by atoms with van der Waals surface area (Å²) in [5, 5.41) is 2.25. The van der Waals surface area contributed by atoms with Crippen LogP contribution in [-0.4, -0.2) is 24.8 Å². The number of nitrogens with zero attached hydrogens (tertiary/aromatic N) is 2. The number of rotatable bonds is 1. The zero-order valence-corrected chi connectivity index (χ0v) is 16.1. The molecule has 0 saturated carbocycles. The summed E-state index contributed by atoms with van der Waals surface area (Å²) in [6.45, 7) is 0. The van der Waals surface area contributed by atoms with Gasteiger partial charge in [0.2, 0.25) is 0 Å². The summed E-state index contributed by atoms with van der Waals surface area (Å²) in [6.07, 6.45) is 0.685. The minimum atomic E-state index is -0.297. The predicted molar refractivity (Wildman–Crippen MR) is 109 cm³/mol. The van der Waals surface area contributed by atoms with Gasteiger partial charge >= 0.3 is 0 Å². The average molecular weight is 389 g/mol. The molecule has 0 fully saturated rings. The second kappa shape index (κ2) is 7.26. The molecular formula is C21H19Cl2FN2. The second-order valence-electron chi connectivity index (χ2n) is 6.51. The molecule has 0 spiro atoms. The van der Waals surface area contributed by atoms with Crippen LogP contribution in [-0.2, 0) is 6.42 Å². The molecule has 26 heavy (non-hydrogen) atoms. The maximum atomic E-state index is 14.7. The molecule has 2 nitrogen and oxygen atoms in total. The van der Waals surface area contributed by atoms with Crippen molar-refractivity contribution in [2.24, 2.45) is 4.99 Å². The monoisotopic (exact) mass is 388 g/mol. The second-order valence-corrected chi connectivity index (χ2v) is 6.92. The van der Waals surface area contributed by atoms with Crippen molar-refractivity contribution in [3.8, 4) is 0 Å². The van der Waals surface area contributed by atoms with Crippen molar-refractivity contribution in [2.45, 2.75) is 12.5 Å². The van der Waals surface area contributed by atoms with Crippen molar-refractivity contribution in [3.63, 3.8) is 0 Å². The fourth-order valence-corrected chi connectivity index (χ4v) is 3.72. The topological polar surface area (TPSA) is 15.6 Å². The number of likely N-dealkylation sites (N-methyl/N-ethyl adjacent to an activating group) is 1. The number of hydrogen-bond acceptors (Lipinski definition) is 2. The van der Waals surface area contributed by atoms with Crippen LogP contribution in [0.15, 0.2) is 59.6 Å². The van der Waals surface area contributed by atoms with Crippen LogP contribution in [0.25, 0.3) is 10.8 Å². The maximum absolute atomic E-state index is 14.7. The Kier molecular flexibility index (Phi) is 5.22. The number of amidine groups is 1. The van der Waals surface area contributed by atoms with Gasteiger partial charge in [0.15, 0.2) is 0 Å². The SMILES string of the molecule is CN(C)C1=NC(c2ccccc2Cl)c2cc(F)c3ccccc3c2C1.Cl. The third-order valence-corrected chi connectivity index (χ3v) is 5.11. The molecule has 0 radical (unpaired) electrons. The zero-order chi connectivity index (χ0) is 17.6. The minimum Gasteiger partial charge on any atom is -0.366 e. The van der Waals surface area contributed by atoms with E-state index in [1.54, 1.807) is 6.07 Å². The summed E-state index contributed by atoms with van der Waals surface area (Å²) < 4.78 is 14.7. The molecule has 0 aliphatic carbocycles. The zero-order valence-electron chi connectivity index (χ0n) is 14.5. The molecule has 1 aliphatic rings. The lowest BCUT2D eigenvalue weighted by molar-refractivity contribution is 0.589. The molecule has 0 amide bonds. The third kappa shape index (κ3) is 3.06. The lowest BCUT2D eigenvalue weighted by atomic mass is 9.86. The molecular weight excluding hydrogens is 370 g/mol. The summed E-state index contributed by atoms with van der Waals surface area (Å²) in [4.78, 5) is 6.91. The van der Waals surface area contributed by atoms with Crippen molar-refractivity contribution >= 4 is 40.6 Å². The molecule has 3 aromatic rings. The van der Waals surface area contributed by atoms with Crippen LogP contribution < -0.4 is 0 Å². The first kappa shape index (κ1) is 18.7. The Morgan fingerprint density at radius 1 is 1.00 bits per heavy atom. The molecule has 1 heterocycles. The Hall–Kier alpha value is -2.10. The predicted octanol–water partition coefficient (Wildman–Crippen LogP) is 5.66. The van der Waals surface area contributed by atoms with E-state index in [0.29, 0.717) is 16.8 Å². The van der Waals surface area contributed by atoms with Crippen LogP contribution in [0.3, 0.4) is 0 Å². The first-order valence-corrected chi connectivity index (χ1v) is 8.62. The van der Waals surface area contributed by atoms with Gasteiger partial charge in [-0.3, -0.25) is 4.99 Å². The maximum Gasteiger partial charge on any atom is 0.131 e. The van der Waals surface area contributed by atoms with E-state index in [2.05, 4.69) is 0 Å². The largest absolute Gasteiger partial charge is 0.366 e. The van der Waals surface area contributed by atoms with E-state index in [1.807, 2.05) is 67.5 Å². The first-order valence-electron chi connectivity index (χ1n) is 8.24. The van der Waals surface area contributed by atoms with Gasteiger partial charge in [-0.1, -0.05) is 54.1 Å². The summed E-state index contributed by atoms with van der Waals surface area (Å²) in [6, 6.07) is 16.6. The van der Waals surface area contributed by atoms with Gasteiger partial charge in [0.25, 0.3) is 0 Å². The van der Waals surface area contributed by atoms with Crippen LogP contribution in [0, 0.1) is 5.82 Å². The Labute approximate surface area is 163 Å². The van der Waals surface area contributed by atoms with E-state index in [-0.39, 0.29) is 24.3 Å². The van der Waals surface area contributed by atoms with E-state index in [0.717, 1.165) is 27.9 Å². The summed E-state index contributed by atoms with van der Waals surface area (Å²) in [5.41, 5.74) is 2.93. The van der Waals surface area contributed by atoms with Crippen molar-refractivity contribution in [1.82, 2.24) is 4.90 Å².